The van der Waals surface area contributed by atoms with E-state index in [1.807, 2.05) is 18.2 Å². The van der Waals surface area contributed by atoms with Gasteiger partial charge in [-0.1, -0.05) is 30.3 Å². The summed E-state index contributed by atoms with van der Waals surface area (Å²) in [7, 11) is 1.56. The van der Waals surface area contributed by atoms with Crippen LogP contribution in [0.4, 0.5) is 0 Å². The SMILES string of the molecule is COc1cc(C(=O)NC[C@@H](c2ccccc2)N2CCCC2)cc2c1OCCO2. The van der Waals surface area contributed by atoms with Crippen molar-refractivity contribution >= 4 is 5.91 Å². The van der Waals surface area contributed by atoms with E-state index >= 15 is 0 Å². The molecule has 2 heterocycles. The van der Waals surface area contributed by atoms with Crippen molar-refractivity contribution in [3.05, 3.63) is 53.6 Å². The summed E-state index contributed by atoms with van der Waals surface area (Å²) in [6.07, 6.45) is 2.41. The molecule has 1 fully saturated rings. The Hall–Kier alpha value is -2.73. The first kappa shape index (κ1) is 18.6. The van der Waals surface area contributed by atoms with Gasteiger partial charge in [0.25, 0.3) is 5.91 Å². The third kappa shape index (κ3) is 3.92. The molecule has 6 nitrogen and oxygen atoms in total. The Labute approximate surface area is 165 Å². The highest BCUT2D eigenvalue weighted by Crippen LogP contribution is 2.40. The summed E-state index contributed by atoms with van der Waals surface area (Å²) >= 11 is 0. The number of likely N-dealkylation sites (tertiary alicyclic amines) is 1. The molecule has 1 atom stereocenters. The van der Waals surface area contributed by atoms with Crippen LogP contribution in [-0.2, 0) is 0 Å². The first-order valence-electron chi connectivity index (χ1n) is 9.81. The van der Waals surface area contributed by atoms with E-state index in [9.17, 15) is 4.79 Å². The van der Waals surface area contributed by atoms with E-state index in [1.165, 1.54) is 18.4 Å². The third-order valence-electron chi connectivity index (χ3n) is 5.31. The number of nitrogens with zero attached hydrogens (tertiary/aromatic N) is 1. The van der Waals surface area contributed by atoms with Crippen molar-refractivity contribution in [1.82, 2.24) is 10.2 Å². The number of carbonyl (C=O) groups excluding carboxylic acids is 1. The van der Waals surface area contributed by atoms with E-state index in [1.54, 1.807) is 19.2 Å². The van der Waals surface area contributed by atoms with Crippen molar-refractivity contribution < 1.29 is 19.0 Å². The van der Waals surface area contributed by atoms with Crippen LogP contribution < -0.4 is 19.5 Å². The summed E-state index contributed by atoms with van der Waals surface area (Å²) in [5, 5.41) is 3.10. The number of rotatable bonds is 6. The summed E-state index contributed by atoms with van der Waals surface area (Å²) in [4.78, 5) is 15.3. The average Bonchev–Trinajstić information content (AvgIpc) is 3.28. The molecule has 2 aromatic rings. The summed E-state index contributed by atoms with van der Waals surface area (Å²) < 4.78 is 16.6. The summed E-state index contributed by atoms with van der Waals surface area (Å²) in [6.45, 7) is 3.62. The number of hydrogen-bond acceptors (Lipinski definition) is 5. The zero-order valence-corrected chi connectivity index (χ0v) is 16.1. The smallest absolute Gasteiger partial charge is 0.251 e. The van der Waals surface area contributed by atoms with Crippen LogP contribution in [0.15, 0.2) is 42.5 Å². The van der Waals surface area contributed by atoms with Crippen molar-refractivity contribution in [2.45, 2.75) is 18.9 Å². The standard InChI is InChI=1S/C22H26N2O4/c1-26-19-13-17(14-20-21(19)28-12-11-27-20)22(25)23-15-18(24-9-5-6-10-24)16-7-3-2-4-8-16/h2-4,7-8,13-14,18H,5-6,9-12,15H2,1H3,(H,23,25)/t18-/m0/s1. The number of nitrogens with one attached hydrogen (secondary N) is 1. The minimum Gasteiger partial charge on any atom is -0.493 e. The quantitative estimate of drug-likeness (QED) is 0.832. The fraction of sp³-hybridized carbons (Fsp3) is 0.409. The maximum Gasteiger partial charge on any atom is 0.251 e. The highest BCUT2D eigenvalue weighted by molar-refractivity contribution is 5.95. The second-order valence-electron chi connectivity index (χ2n) is 7.08. The van der Waals surface area contributed by atoms with Gasteiger partial charge in [-0.15, -0.1) is 0 Å². The number of benzene rings is 2. The molecule has 0 radical (unpaired) electrons. The maximum atomic E-state index is 12.9. The summed E-state index contributed by atoms with van der Waals surface area (Å²) in [5.74, 6) is 1.48. The number of ether oxygens (including phenoxy) is 3. The van der Waals surface area contributed by atoms with Crippen LogP contribution in [0.3, 0.4) is 0 Å². The van der Waals surface area contributed by atoms with E-state index in [4.69, 9.17) is 14.2 Å². The van der Waals surface area contributed by atoms with Gasteiger partial charge >= 0.3 is 0 Å². The van der Waals surface area contributed by atoms with Crippen molar-refractivity contribution in [3.8, 4) is 17.2 Å². The molecule has 0 bridgehead atoms. The molecule has 1 saturated heterocycles. The zero-order chi connectivity index (χ0) is 19.3. The van der Waals surface area contributed by atoms with Crippen molar-refractivity contribution in [2.24, 2.45) is 0 Å². The van der Waals surface area contributed by atoms with Crippen molar-refractivity contribution in [3.63, 3.8) is 0 Å². The molecule has 2 aliphatic heterocycles. The topological polar surface area (TPSA) is 60.0 Å². The maximum absolute atomic E-state index is 12.9. The number of methoxy groups -OCH3 is 1. The van der Waals surface area contributed by atoms with Crippen molar-refractivity contribution in [1.29, 1.82) is 0 Å². The number of hydrogen-bond donors (Lipinski definition) is 1. The lowest BCUT2D eigenvalue weighted by Crippen LogP contribution is -2.36. The first-order valence-corrected chi connectivity index (χ1v) is 9.81. The molecule has 0 spiro atoms. The van der Waals surface area contributed by atoms with Gasteiger partial charge in [0.15, 0.2) is 11.5 Å². The molecule has 2 aliphatic rings. The van der Waals surface area contributed by atoms with Crippen LogP contribution in [0.5, 0.6) is 17.2 Å². The first-order chi connectivity index (χ1) is 13.8. The van der Waals surface area contributed by atoms with Crippen LogP contribution in [-0.4, -0.2) is 50.8 Å². The van der Waals surface area contributed by atoms with Crippen LogP contribution in [0.1, 0.15) is 34.8 Å². The van der Waals surface area contributed by atoms with E-state index in [2.05, 4.69) is 22.3 Å². The number of carbonyl (C=O) groups is 1. The molecular formula is C22H26N2O4. The van der Waals surface area contributed by atoms with Gasteiger partial charge in [-0.2, -0.15) is 0 Å². The number of amides is 1. The van der Waals surface area contributed by atoms with E-state index < -0.39 is 0 Å². The van der Waals surface area contributed by atoms with Crippen LogP contribution >= 0.6 is 0 Å². The van der Waals surface area contributed by atoms with Gasteiger partial charge in [-0.25, -0.2) is 0 Å². The molecule has 0 saturated carbocycles. The van der Waals surface area contributed by atoms with Gasteiger partial charge < -0.3 is 19.5 Å². The third-order valence-corrected chi connectivity index (χ3v) is 5.31. The van der Waals surface area contributed by atoms with Crippen molar-refractivity contribution in [2.75, 3.05) is 40.0 Å². The van der Waals surface area contributed by atoms with Gasteiger partial charge in [-0.3, -0.25) is 9.69 Å². The molecular weight excluding hydrogens is 356 g/mol. The van der Waals surface area contributed by atoms with Gasteiger partial charge in [0.05, 0.1) is 13.2 Å². The Morgan fingerprint density at radius 2 is 1.89 bits per heavy atom. The van der Waals surface area contributed by atoms with Crippen LogP contribution in [0.25, 0.3) is 0 Å². The molecule has 6 heteroatoms. The van der Waals surface area contributed by atoms with Crippen LogP contribution in [0, 0.1) is 0 Å². The molecule has 2 aromatic carbocycles. The molecule has 0 aliphatic carbocycles. The predicted octanol–water partition coefficient (Wildman–Crippen LogP) is 3.03. The fourth-order valence-corrected chi connectivity index (χ4v) is 3.88. The second kappa shape index (κ2) is 8.52. The Morgan fingerprint density at radius 3 is 2.64 bits per heavy atom. The highest BCUT2D eigenvalue weighted by atomic mass is 16.6. The van der Waals surface area contributed by atoms with E-state index in [-0.39, 0.29) is 11.9 Å². The molecule has 0 unspecified atom stereocenters. The lowest BCUT2D eigenvalue weighted by molar-refractivity contribution is 0.0936. The minimum absolute atomic E-state index is 0.143. The zero-order valence-electron chi connectivity index (χ0n) is 16.1. The Balaban J connectivity index is 1.51. The van der Waals surface area contributed by atoms with Crippen LogP contribution in [0.2, 0.25) is 0 Å². The van der Waals surface area contributed by atoms with Gasteiger partial charge in [0.1, 0.15) is 13.2 Å². The monoisotopic (exact) mass is 382 g/mol. The number of fused-ring (bicyclic) bond motifs is 1. The molecule has 4 rings (SSSR count). The summed E-state index contributed by atoms with van der Waals surface area (Å²) in [5.41, 5.74) is 1.73. The Kier molecular flexibility index (Phi) is 5.67. The average molecular weight is 382 g/mol. The second-order valence-corrected chi connectivity index (χ2v) is 7.08. The normalized spacial score (nSPS) is 17.2. The molecule has 148 valence electrons. The fourth-order valence-electron chi connectivity index (χ4n) is 3.88. The van der Waals surface area contributed by atoms with E-state index in [0.29, 0.717) is 42.6 Å². The minimum atomic E-state index is -0.143. The van der Waals surface area contributed by atoms with Gasteiger partial charge in [0.2, 0.25) is 5.75 Å². The highest BCUT2D eigenvalue weighted by Gasteiger charge is 2.25. The van der Waals surface area contributed by atoms with Gasteiger partial charge in [0, 0.05) is 12.1 Å². The Morgan fingerprint density at radius 1 is 1.14 bits per heavy atom. The summed E-state index contributed by atoms with van der Waals surface area (Å²) in [6, 6.07) is 14.0. The predicted molar refractivity (Wildman–Crippen MR) is 106 cm³/mol. The molecule has 28 heavy (non-hydrogen) atoms. The Bertz CT molecular complexity index is 802. The lowest BCUT2D eigenvalue weighted by atomic mass is 10.1. The molecule has 0 aromatic heterocycles. The van der Waals surface area contributed by atoms with Gasteiger partial charge in [-0.05, 0) is 43.6 Å². The largest absolute Gasteiger partial charge is 0.493 e. The lowest BCUT2D eigenvalue weighted by Gasteiger charge is -2.28. The van der Waals surface area contributed by atoms with E-state index in [0.717, 1.165) is 13.1 Å². The molecule has 1 N–H and O–H groups in total. The molecule has 1 amide bonds.